The van der Waals surface area contributed by atoms with E-state index in [9.17, 15) is 0 Å². The van der Waals surface area contributed by atoms with Crippen LogP contribution in [0.4, 0.5) is 0 Å². The summed E-state index contributed by atoms with van der Waals surface area (Å²) in [7, 11) is 0. The van der Waals surface area contributed by atoms with Crippen LogP contribution in [0.3, 0.4) is 0 Å². The predicted molar refractivity (Wildman–Crippen MR) is 119 cm³/mol. The molecule has 5 rings (SSSR count). The fraction of sp³-hybridized carbons (Fsp3) is 0.926. The molecule has 0 amide bonds. The lowest BCUT2D eigenvalue weighted by Gasteiger charge is -2.50. The molecule has 1 nitrogen and oxygen atoms in total. The first kappa shape index (κ1) is 19.5. The van der Waals surface area contributed by atoms with E-state index in [4.69, 9.17) is 0 Å². The summed E-state index contributed by atoms with van der Waals surface area (Å²) in [6.45, 7) is 9.42. The van der Waals surface area contributed by atoms with Gasteiger partial charge in [0.1, 0.15) is 0 Å². The third-order valence-electron chi connectivity index (χ3n) is 10.5. The third kappa shape index (κ3) is 3.27. The number of hydrogen-bond donors (Lipinski definition) is 0. The van der Waals surface area contributed by atoms with Crippen molar-refractivity contribution in [3.63, 3.8) is 0 Å². The van der Waals surface area contributed by atoms with E-state index in [0.29, 0.717) is 0 Å². The molecular formula is C27H45N. The van der Waals surface area contributed by atoms with Crippen LogP contribution in [0, 0.1) is 47.3 Å². The fourth-order valence-corrected chi connectivity index (χ4v) is 9.43. The molecular weight excluding hydrogens is 338 g/mol. The van der Waals surface area contributed by atoms with Crippen molar-refractivity contribution < 1.29 is 0 Å². The molecule has 4 saturated carbocycles. The van der Waals surface area contributed by atoms with Gasteiger partial charge in [0, 0.05) is 12.1 Å². The van der Waals surface area contributed by atoms with Crippen molar-refractivity contribution in [2.45, 2.75) is 109 Å². The molecule has 1 saturated heterocycles. The van der Waals surface area contributed by atoms with Gasteiger partial charge >= 0.3 is 0 Å². The zero-order chi connectivity index (χ0) is 19.3. The van der Waals surface area contributed by atoms with E-state index >= 15 is 0 Å². The van der Waals surface area contributed by atoms with Crippen LogP contribution in [0.2, 0.25) is 0 Å². The maximum absolute atomic E-state index is 4.23. The second-order valence-corrected chi connectivity index (χ2v) is 11.8. The summed E-state index contributed by atoms with van der Waals surface area (Å²) in [6.07, 6.45) is 21.8. The van der Waals surface area contributed by atoms with Crippen LogP contribution in [0.15, 0.2) is 12.8 Å². The number of nitrogens with zero attached hydrogens (tertiary/aromatic N) is 1. The van der Waals surface area contributed by atoms with Crippen molar-refractivity contribution in [3.05, 3.63) is 12.8 Å². The minimum atomic E-state index is 0.841. The maximum Gasteiger partial charge on any atom is 0.0319 e. The lowest BCUT2D eigenvalue weighted by Crippen LogP contribution is -2.42. The van der Waals surface area contributed by atoms with Gasteiger partial charge in [0.05, 0.1) is 0 Å². The monoisotopic (exact) mass is 383 g/mol. The summed E-state index contributed by atoms with van der Waals surface area (Å²) in [5.74, 6) is 8.15. The topological polar surface area (TPSA) is 3.24 Å². The van der Waals surface area contributed by atoms with Crippen molar-refractivity contribution in [2.75, 3.05) is 0 Å². The molecule has 1 heteroatoms. The Morgan fingerprint density at radius 1 is 0.714 bits per heavy atom. The molecule has 10 unspecified atom stereocenters. The van der Waals surface area contributed by atoms with Gasteiger partial charge in [-0.05, 0) is 111 Å². The highest BCUT2D eigenvalue weighted by Crippen LogP contribution is 2.55. The Kier molecular flexibility index (Phi) is 5.57. The van der Waals surface area contributed by atoms with Gasteiger partial charge in [-0.2, -0.15) is 0 Å². The molecule has 1 heterocycles. The fourth-order valence-electron chi connectivity index (χ4n) is 9.43. The highest BCUT2D eigenvalue weighted by atomic mass is 15.2. The zero-order valence-corrected chi connectivity index (χ0v) is 18.7. The van der Waals surface area contributed by atoms with Crippen molar-refractivity contribution in [1.29, 1.82) is 0 Å². The second kappa shape index (κ2) is 7.99. The number of rotatable bonds is 3. The Balaban J connectivity index is 1.28. The molecule has 158 valence electrons. The standard InChI is InChI=1S/C27H45N/c1-4-28-26-12-8-7-11-23(26)25-17-20(13-14-27(25)28)16-24-19(3)15-18(2)21-9-5-6-10-22(21)24/h4,18-27H,1,5-17H2,2-3H3. The second-order valence-electron chi connectivity index (χ2n) is 11.8. The van der Waals surface area contributed by atoms with E-state index in [1.807, 2.05) is 0 Å². The molecule has 0 aromatic carbocycles. The van der Waals surface area contributed by atoms with Crippen LogP contribution in [0.1, 0.15) is 97.3 Å². The van der Waals surface area contributed by atoms with E-state index in [2.05, 4.69) is 31.5 Å². The van der Waals surface area contributed by atoms with Gasteiger partial charge in [-0.3, -0.25) is 0 Å². The lowest BCUT2D eigenvalue weighted by molar-refractivity contribution is 0.000467. The SMILES string of the molecule is C=CN1C2CCCCC2C2CC(CC3C(C)CC(C)C4CCCCC43)CCC21. The van der Waals surface area contributed by atoms with Crippen LogP contribution >= 0.6 is 0 Å². The van der Waals surface area contributed by atoms with E-state index < -0.39 is 0 Å². The smallest absolute Gasteiger partial charge is 0.0319 e. The lowest BCUT2D eigenvalue weighted by atomic mass is 9.56. The number of likely N-dealkylation sites (tertiary alicyclic amines) is 1. The van der Waals surface area contributed by atoms with Crippen LogP contribution in [-0.4, -0.2) is 17.0 Å². The van der Waals surface area contributed by atoms with Gasteiger partial charge in [-0.15, -0.1) is 0 Å². The average molecular weight is 384 g/mol. The summed E-state index contributed by atoms with van der Waals surface area (Å²) >= 11 is 0. The molecule has 5 fully saturated rings. The van der Waals surface area contributed by atoms with Crippen LogP contribution in [-0.2, 0) is 0 Å². The Morgan fingerprint density at radius 2 is 1.39 bits per heavy atom. The molecule has 5 aliphatic rings. The van der Waals surface area contributed by atoms with Gasteiger partial charge in [-0.25, -0.2) is 0 Å². The number of fused-ring (bicyclic) bond motifs is 4. The maximum atomic E-state index is 4.23. The summed E-state index contributed by atoms with van der Waals surface area (Å²) in [5, 5.41) is 0. The van der Waals surface area contributed by atoms with Crippen molar-refractivity contribution >= 4 is 0 Å². The van der Waals surface area contributed by atoms with Crippen molar-refractivity contribution in [1.82, 2.24) is 4.90 Å². The minimum Gasteiger partial charge on any atom is -0.371 e. The van der Waals surface area contributed by atoms with E-state index in [-0.39, 0.29) is 0 Å². The Labute approximate surface area is 174 Å². The molecule has 10 atom stereocenters. The first-order valence-corrected chi connectivity index (χ1v) is 13.1. The Morgan fingerprint density at radius 3 is 2.18 bits per heavy atom. The van der Waals surface area contributed by atoms with Gasteiger partial charge in [-0.1, -0.05) is 46.1 Å². The normalized spacial score (nSPS) is 51.1. The highest BCUT2D eigenvalue weighted by molar-refractivity contribution is 5.06. The Bertz CT molecular complexity index is 554. The van der Waals surface area contributed by atoms with Gasteiger partial charge in [0.25, 0.3) is 0 Å². The molecule has 0 radical (unpaired) electrons. The van der Waals surface area contributed by atoms with Crippen molar-refractivity contribution in [2.24, 2.45) is 47.3 Å². The summed E-state index contributed by atoms with van der Waals surface area (Å²) in [6, 6.07) is 1.69. The van der Waals surface area contributed by atoms with Crippen molar-refractivity contribution in [3.8, 4) is 0 Å². The van der Waals surface area contributed by atoms with Gasteiger partial charge < -0.3 is 4.90 Å². The Hall–Kier alpha value is -0.460. The summed E-state index contributed by atoms with van der Waals surface area (Å²) < 4.78 is 0. The predicted octanol–water partition coefficient (Wildman–Crippen LogP) is 7.28. The first-order chi connectivity index (χ1) is 13.7. The van der Waals surface area contributed by atoms with E-state index in [1.54, 1.807) is 25.7 Å². The molecule has 4 aliphatic carbocycles. The van der Waals surface area contributed by atoms with Crippen LogP contribution in [0.25, 0.3) is 0 Å². The van der Waals surface area contributed by atoms with E-state index in [0.717, 1.165) is 59.4 Å². The zero-order valence-electron chi connectivity index (χ0n) is 18.7. The minimum absolute atomic E-state index is 0.841. The number of hydrogen-bond acceptors (Lipinski definition) is 1. The highest BCUT2D eigenvalue weighted by Gasteiger charge is 2.51. The molecule has 0 bridgehead atoms. The third-order valence-corrected chi connectivity index (χ3v) is 10.5. The van der Waals surface area contributed by atoms with Gasteiger partial charge in [0.2, 0.25) is 0 Å². The van der Waals surface area contributed by atoms with Crippen LogP contribution in [0.5, 0.6) is 0 Å². The quantitative estimate of drug-likeness (QED) is 0.495. The molecule has 0 spiro atoms. The molecule has 0 aromatic heterocycles. The molecule has 0 N–H and O–H groups in total. The molecule has 28 heavy (non-hydrogen) atoms. The average Bonchev–Trinajstić information content (AvgIpc) is 3.04. The first-order valence-electron chi connectivity index (χ1n) is 13.1. The largest absolute Gasteiger partial charge is 0.371 e. The van der Waals surface area contributed by atoms with Crippen LogP contribution < -0.4 is 0 Å². The van der Waals surface area contributed by atoms with E-state index in [1.165, 1.54) is 57.8 Å². The summed E-state index contributed by atoms with van der Waals surface area (Å²) in [5.41, 5.74) is 0. The molecule has 1 aliphatic heterocycles. The summed E-state index contributed by atoms with van der Waals surface area (Å²) in [4.78, 5) is 2.74. The van der Waals surface area contributed by atoms with Gasteiger partial charge in [0.15, 0.2) is 0 Å². The molecule has 0 aromatic rings.